The number of thioether (sulfide) groups is 1. The van der Waals surface area contributed by atoms with Crippen LogP contribution in [0, 0.1) is 5.82 Å². The van der Waals surface area contributed by atoms with E-state index in [0.717, 1.165) is 10.7 Å². The fourth-order valence-electron chi connectivity index (χ4n) is 2.84. The monoisotopic (exact) mass is 340 g/mol. The Hall–Kier alpha value is -1.34. The van der Waals surface area contributed by atoms with E-state index in [4.69, 9.17) is 0 Å². The third-order valence-electron chi connectivity index (χ3n) is 3.80. The van der Waals surface area contributed by atoms with E-state index in [1.54, 1.807) is 12.1 Å². The van der Waals surface area contributed by atoms with E-state index >= 15 is 0 Å². The van der Waals surface area contributed by atoms with Crippen LogP contribution in [0.2, 0.25) is 0 Å². The van der Waals surface area contributed by atoms with Crippen molar-refractivity contribution in [1.29, 1.82) is 0 Å². The molecule has 22 heavy (non-hydrogen) atoms. The smallest absolute Gasteiger partial charge is 0.160 e. The van der Waals surface area contributed by atoms with Gasteiger partial charge in [0.05, 0.1) is 23.6 Å². The van der Waals surface area contributed by atoms with Crippen molar-refractivity contribution in [2.45, 2.75) is 17.8 Å². The van der Waals surface area contributed by atoms with Crippen molar-refractivity contribution < 1.29 is 12.8 Å². The molecule has 0 aliphatic carbocycles. The van der Waals surface area contributed by atoms with Gasteiger partial charge < -0.3 is 4.90 Å². The van der Waals surface area contributed by atoms with Crippen molar-refractivity contribution in [2.24, 2.45) is 4.99 Å². The predicted molar refractivity (Wildman–Crippen MR) is 88.3 cm³/mol. The summed E-state index contributed by atoms with van der Waals surface area (Å²) in [4.78, 5) is 6.57. The van der Waals surface area contributed by atoms with Crippen LogP contribution >= 0.6 is 11.8 Å². The molecule has 0 saturated carbocycles. The first-order valence-electron chi connectivity index (χ1n) is 7.01. The van der Waals surface area contributed by atoms with Crippen LogP contribution in [0.1, 0.15) is 5.56 Å². The van der Waals surface area contributed by atoms with E-state index in [9.17, 15) is 12.8 Å². The molecule has 2 aliphatic rings. The molecule has 0 amide bonds. The number of fused-ring (bicyclic) bond motifs is 1. The zero-order chi connectivity index (χ0) is 15.7. The number of nitrogens with zero attached hydrogens (tertiary/aromatic N) is 2. The van der Waals surface area contributed by atoms with E-state index in [0.29, 0.717) is 12.3 Å². The van der Waals surface area contributed by atoms with Crippen LogP contribution in [0.4, 0.5) is 4.39 Å². The Balaban J connectivity index is 1.73. The highest BCUT2D eigenvalue weighted by Crippen LogP contribution is 2.32. The second-order valence-electron chi connectivity index (χ2n) is 5.48. The van der Waals surface area contributed by atoms with Crippen molar-refractivity contribution in [3.63, 3.8) is 0 Å². The quantitative estimate of drug-likeness (QED) is 0.788. The molecule has 0 N–H and O–H groups in total. The molecule has 7 heteroatoms. The van der Waals surface area contributed by atoms with Crippen molar-refractivity contribution in [2.75, 3.05) is 18.1 Å². The summed E-state index contributed by atoms with van der Waals surface area (Å²) in [6.45, 7) is 4.31. The number of sulfone groups is 1. The van der Waals surface area contributed by atoms with Crippen molar-refractivity contribution in [3.8, 4) is 0 Å². The molecule has 4 nitrogen and oxygen atoms in total. The molecule has 1 aromatic rings. The average Bonchev–Trinajstić information content (AvgIpc) is 2.90. The number of hydrogen-bond donors (Lipinski definition) is 0. The minimum absolute atomic E-state index is 0.0852. The molecular weight excluding hydrogens is 323 g/mol. The molecule has 0 radical (unpaired) electrons. The van der Waals surface area contributed by atoms with Crippen molar-refractivity contribution in [1.82, 2.24) is 4.90 Å². The van der Waals surface area contributed by atoms with E-state index in [-0.39, 0.29) is 29.4 Å². The van der Waals surface area contributed by atoms with Crippen molar-refractivity contribution in [3.05, 3.63) is 48.3 Å². The maximum absolute atomic E-state index is 13.2. The molecule has 0 aromatic heterocycles. The first-order chi connectivity index (χ1) is 10.5. The van der Waals surface area contributed by atoms with E-state index in [1.807, 2.05) is 11.0 Å². The van der Waals surface area contributed by atoms with Gasteiger partial charge in [0.25, 0.3) is 0 Å². The molecule has 0 unspecified atom stereocenters. The Morgan fingerprint density at radius 2 is 2.27 bits per heavy atom. The van der Waals surface area contributed by atoms with Crippen LogP contribution < -0.4 is 0 Å². The number of benzene rings is 1. The molecule has 1 fully saturated rings. The zero-order valence-electron chi connectivity index (χ0n) is 12.0. The number of rotatable bonds is 4. The first-order valence-corrected chi connectivity index (χ1v) is 9.82. The van der Waals surface area contributed by atoms with Gasteiger partial charge in [0.15, 0.2) is 15.0 Å². The number of halogens is 1. The molecule has 1 saturated heterocycles. The van der Waals surface area contributed by atoms with E-state index in [2.05, 4.69) is 11.6 Å². The van der Waals surface area contributed by atoms with Crippen LogP contribution in [0.15, 0.2) is 41.9 Å². The highest BCUT2D eigenvalue weighted by atomic mass is 32.2. The lowest BCUT2D eigenvalue weighted by Gasteiger charge is -2.24. The largest absolute Gasteiger partial charge is 0.342 e. The summed E-state index contributed by atoms with van der Waals surface area (Å²) in [5, 5.41) is 0.828. The van der Waals surface area contributed by atoms with Crippen LogP contribution in [0.25, 0.3) is 0 Å². The molecule has 0 bridgehead atoms. The summed E-state index contributed by atoms with van der Waals surface area (Å²) in [6, 6.07) is 6.21. The lowest BCUT2D eigenvalue weighted by molar-refractivity contribution is 0.379. The first kappa shape index (κ1) is 15.6. The lowest BCUT2D eigenvalue weighted by Crippen LogP contribution is -2.39. The van der Waals surface area contributed by atoms with Gasteiger partial charge in [-0.25, -0.2) is 12.8 Å². The minimum Gasteiger partial charge on any atom is -0.342 e. The lowest BCUT2D eigenvalue weighted by atomic mass is 10.2. The maximum atomic E-state index is 13.2. The molecule has 2 aliphatic heterocycles. The maximum Gasteiger partial charge on any atom is 0.160 e. The zero-order valence-corrected chi connectivity index (χ0v) is 13.6. The Morgan fingerprint density at radius 1 is 1.45 bits per heavy atom. The van der Waals surface area contributed by atoms with Gasteiger partial charge in [0.1, 0.15) is 5.82 Å². The van der Waals surface area contributed by atoms with Crippen LogP contribution in [0.3, 0.4) is 0 Å². The topological polar surface area (TPSA) is 49.7 Å². The van der Waals surface area contributed by atoms with Gasteiger partial charge in [-0.15, -0.1) is 6.58 Å². The van der Waals surface area contributed by atoms with Gasteiger partial charge in [-0.2, -0.15) is 0 Å². The van der Waals surface area contributed by atoms with Gasteiger partial charge in [0.2, 0.25) is 0 Å². The average molecular weight is 340 g/mol. The number of aliphatic imine (C=N–C) groups is 1. The third-order valence-corrected chi connectivity index (χ3v) is 6.57. The summed E-state index contributed by atoms with van der Waals surface area (Å²) in [6.07, 6.45) is 1.76. The molecule has 3 rings (SSSR count). The standard InChI is InChI=1S/C15H17FN2O2S2/c1-2-6-18-14-10-22(19,20)9-13(14)17-15(18)21-8-11-4-3-5-12(16)7-11/h2-5,7,13-14H,1,6,8-10H2/t13-,14-/m1/s1. The van der Waals surface area contributed by atoms with Crippen LogP contribution in [0.5, 0.6) is 0 Å². The highest BCUT2D eigenvalue weighted by Gasteiger charge is 2.45. The van der Waals surface area contributed by atoms with E-state index < -0.39 is 9.84 Å². The molecule has 1 aromatic carbocycles. The summed E-state index contributed by atoms with van der Waals surface area (Å²) in [5.41, 5.74) is 0.885. The summed E-state index contributed by atoms with van der Waals surface area (Å²) < 4.78 is 36.7. The van der Waals surface area contributed by atoms with Crippen LogP contribution in [-0.2, 0) is 15.6 Å². The van der Waals surface area contributed by atoms with E-state index in [1.165, 1.54) is 23.9 Å². The molecule has 118 valence electrons. The molecule has 2 heterocycles. The van der Waals surface area contributed by atoms with Gasteiger partial charge in [0, 0.05) is 12.3 Å². The molecule has 0 spiro atoms. The second kappa shape index (κ2) is 6.04. The predicted octanol–water partition coefficient (Wildman–Crippen LogP) is 2.08. The Morgan fingerprint density at radius 3 is 3.00 bits per heavy atom. The number of hydrogen-bond acceptors (Lipinski definition) is 5. The van der Waals surface area contributed by atoms with Crippen LogP contribution in [-0.4, -0.2) is 48.6 Å². The summed E-state index contributed by atoms with van der Waals surface area (Å²) in [7, 11) is -2.99. The minimum atomic E-state index is -2.99. The fourth-order valence-corrected chi connectivity index (χ4v) is 5.77. The Labute approximate surface area is 134 Å². The molecular formula is C15H17FN2O2S2. The highest BCUT2D eigenvalue weighted by molar-refractivity contribution is 8.13. The molecule has 2 atom stereocenters. The Bertz CT molecular complexity index is 718. The van der Waals surface area contributed by atoms with Gasteiger partial charge in [-0.05, 0) is 17.7 Å². The van der Waals surface area contributed by atoms with Gasteiger partial charge in [-0.1, -0.05) is 30.0 Å². The SMILES string of the molecule is C=CCN1C(SCc2cccc(F)c2)=N[C@@H]2CS(=O)(=O)C[C@H]21. The fraction of sp³-hybridized carbons (Fsp3) is 0.400. The van der Waals surface area contributed by atoms with Gasteiger partial charge >= 0.3 is 0 Å². The van der Waals surface area contributed by atoms with Gasteiger partial charge in [-0.3, -0.25) is 4.99 Å². The number of amidine groups is 1. The van der Waals surface area contributed by atoms with Crippen molar-refractivity contribution >= 4 is 26.8 Å². The Kier molecular flexibility index (Phi) is 4.27. The second-order valence-corrected chi connectivity index (χ2v) is 8.58. The normalized spacial score (nSPS) is 25.9. The summed E-state index contributed by atoms with van der Waals surface area (Å²) >= 11 is 1.52. The summed E-state index contributed by atoms with van der Waals surface area (Å²) in [5.74, 6) is 0.627. The third kappa shape index (κ3) is 3.20.